The topological polar surface area (TPSA) is 18.5 Å². The minimum absolute atomic E-state index is 0.756. The van der Waals surface area contributed by atoms with Crippen LogP contribution in [0.15, 0.2) is 0 Å². The van der Waals surface area contributed by atoms with Crippen molar-refractivity contribution < 1.29 is 0 Å². The molecule has 0 aromatic heterocycles. The highest BCUT2D eigenvalue weighted by Crippen LogP contribution is 2.13. The molecule has 18 heavy (non-hydrogen) atoms. The van der Waals surface area contributed by atoms with Crippen molar-refractivity contribution in [3.05, 3.63) is 0 Å². The summed E-state index contributed by atoms with van der Waals surface area (Å²) in [4.78, 5) is 5.22. The van der Waals surface area contributed by atoms with Crippen LogP contribution in [0.1, 0.15) is 40.0 Å². The van der Waals surface area contributed by atoms with E-state index in [1.54, 1.807) is 0 Å². The summed E-state index contributed by atoms with van der Waals surface area (Å²) in [6.45, 7) is 14.3. The molecule has 0 radical (unpaired) electrons. The number of hydrogen-bond acceptors (Lipinski definition) is 3. The molecule has 0 aliphatic carbocycles. The van der Waals surface area contributed by atoms with Gasteiger partial charge < -0.3 is 10.2 Å². The summed E-state index contributed by atoms with van der Waals surface area (Å²) in [5.41, 5.74) is 0. The highest BCUT2D eigenvalue weighted by molar-refractivity contribution is 4.79. The molecule has 3 heteroatoms. The molecule has 1 rings (SSSR count). The Morgan fingerprint density at radius 1 is 1.28 bits per heavy atom. The summed E-state index contributed by atoms with van der Waals surface area (Å²) >= 11 is 0. The van der Waals surface area contributed by atoms with Crippen molar-refractivity contribution in [1.82, 2.24) is 15.1 Å². The molecule has 0 aromatic rings. The fourth-order valence-corrected chi connectivity index (χ4v) is 2.91. The maximum Gasteiger partial charge on any atom is 0.0220 e. The Kier molecular flexibility index (Phi) is 7.87. The van der Waals surface area contributed by atoms with Crippen LogP contribution in [0.3, 0.4) is 0 Å². The van der Waals surface area contributed by atoms with Crippen LogP contribution in [-0.4, -0.2) is 62.2 Å². The van der Waals surface area contributed by atoms with Gasteiger partial charge in [0.1, 0.15) is 0 Å². The maximum absolute atomic E-state index is 3.54. The van der Waals surface area contributed by atoms with Crippen LogP contribution in [0.4, 0.5) is 0 Å². The van der Waals surface area contributed by atoms with E-state index in [-0.39, 0.29) is 0 Å². The van der Waals surface area contributed by atoms with Crippen LogP contribution in [0.5, 0.6) is 0 Å². The molecule has 1 fully saturated rings. The normalized spacial score (nSPS) is 25.0. The molecule has 0 bridgehead atoms. The van der Waals surface area contributed by atoms with Crippen LogP contribution >= 0.6 is 0 Å². The van der Waals surface area contributed by atoms with Gasteiger partial charge in [-0.05, 0) is 58.4 Å². The minimum Gasteiger partial charge on any atom is -0.316 e. The molecule has 0 saturated carbocycles. The first-order valence-electron chi connectivity index (χ1n) is 7.80. The first-order chi connectivity index (χ1) is 8.67. The second kappa shape index (κ2) is 8.89. The lowest BCUT2D eigenvalue weighted by Gasteiger charge is -2.32. The van der Waals surface area contributed by atoms with E-state index >= 15 is 0 Å². The predicted molar refractivity (Wildman–Crippen MR) is 80.1 cm³/mol. The van der Waals surface area contributed by atoms with Gasteiger partial charge in [0.15, 0.2) is 0 Å². The van der Waals surface area contributed by atoms with Gasteiger partial charge in [0, 0.05) is 19.1 Å². The molecule has 1 saturated heterocycles. The number of nitrogens with zero attached hydrogens (tertiary/aromatic N) is 2. The fraction of sp³-hybridized carbons (Fsp3) is 1.00. The van der Waals surface area contributed by atoms with Gasteiger partial charge in [0.05, 0.1) is 0 Å². The average molecular weight is 255 g/mol. The van der Waals surface area contributed by atoms with Crippen LogP contribution in [-0.2, 0) is 0 Å². The summed E-state index contributed by atoms with van der Waals surface area (Å²) in [5, 5.41) is 3.54. The van der Waals surface area contributed by atoms with Gasteiger partial charge in [-0.15, -0.1) is 0 Å². The molecule has 108 valence electrons. The molecule has 0 amide bonds. The lowest BCUT2D eigenvalue weighted by atomic mass is 10.1. The van der Waals surface area contributed by atoms with Gasteiger partial charge in [-0.2, -0.15) is 0 Å². The Labute approximate surface area is 114 Å². The fourth-order valence-electron chi connectivity index (χ4n) is 2.91. The zero-order valence-electron chi connectivity index (χ0n) is 12.9. The van der Waals surface area contributed by atoms with Crippen molar-refractivity contribution in [2.45, 2.75) is 46.1 Å². The van der Waals surface area contributed by atoms with E-state index in [4.69, 9.17) is 0 Å². The monoisotopic (exact) mass is 255 g/mol. The van der Waals surface area contributed by atoms with E-state index in [0.717, 1.165) is 25.0 Å². The average Bonchev–Trinajstić information content (AvgIpc) is 2.51. The quantitative estimate of drug-likeness (QED) is 0.702. The summed E-state index contributed by atoms with van der Waals surface area (Å²) in [6, 6.07) is 0.756. The van der Waals surface area contributed by atoms with E-state index in [0.29, 0.717) is 0 Å². The number of hydrogen-bond donors (Lipinski definition) is 1. The number of nitrogens with one attached hydrogen (secondary N) is 1. The molecule has 1 aliphatic rings. The van der Waals surface area contributed by atoms with Crippen LogP contribution < -0.4 is 5.32 Å². The Morgan fingerprint density at radius 3 is 2.72 bits per heavy atom. The highest BCUT2D eigenvalue weighted by atomic mass is 15.2. The largest absolute Gasteiger partial charge is 0.316 e. The van der Waals surface area contributed by atoms with E-state index < -0.39 is 0 Å². The van der Waals surface area contributed by atoms with Gasteiger partial charge in [-0.25, -0.2) is 0 Å². The first-order valence-corrected chi connectivity index (χ1v) is 7.80. The summed E-state index contributed by atoms with van der Waals surface area (Å²) < 4.78 is 0. The van der Waals surface area contributed by atoms with Crippen molar-refractivity contribution in [1.29, 1.82) is 0 Å². The third-order valence-electron chi connectivity index (χ3n) is 3.96. The SMILES string of the molecule is CCCNCC(C)CN1CCCN(C)CC1CC. The lowest BCUT2D eigenvalue weighted by molar-refractivity contribution is 0.161. The van der Waals surface area contributed by atoms with E-state index in [9.17, 15) is 0 Å². The molecule has 0 spiro atoms. The number of rotatable bonds is 7. The third-order valence-corrected chi connectivity index (χ3v) is 3.96. The molecule has 0 aromatic carbocycles. The van der Waals surface area contributed by atoms with E-state index in [1.807, 2.05) is 0 Å². The highest BCUT2D eigenvalue weighted by Gasteiger charge is 2.22. The molecule has 2 unspecified atom stereocenters. The molecule has 1 heterocycles. The summed E-state index contributed by atoms with van der Waals surface area (Å²) in [5.74, 6) is 0.758. The predicted octanol–water partition coefficient (Wildman–Crippen LogP) is 2.04. The van der Waals surface area contributed by atoms with Gasteiger partial charge in [0.25, 0.3) is 0 Å². The Morgan fingerprint density at radius 2 is 2.06 bits per heavy atom. The Balaban J connectivity index is 2.37. The number of likely N-dealkylation sites (N-methyl/N-ethyl adjacent to an activating group) is 1. The van der Waals surface area contributed by atoms with Gasteiger partial charge in [-0.3, -0.25) is 4.90 Å². The van der Waals surface area contributed by atoms with Crippen molar-refractivity contribution >= 4 is 0 Å². The second-order valence-electron chi connectivity index (χ2n) is 5.98. The van der Waals surface area contributed by atoms with Crippen molar-refractivity contribution in [3.8, 4) is 0 Å². The van der Waals surface area contributed by atoms with Gasteiger partial charge in [0.2, 0.25) is 0 Å². The van der Waals surface area contributed by atoms with Crippen molar-refractivity contribution in [2.24, 2.45) is 5.92 Å². The summed E-state index contributed by atoms with van der Waals surface area (Å²) in [7, 11) is 2.26. The van der Waals surface area contributed by atoms with Gasteiger partial charge >= 0.3 is 0 Å². The standard InChI is InChI=1S/C15H33N3/c1-5-8-16-11-14(3)12-18-10-7-9-17(4)13-15(18)6-2/h14-16H,5-13H2,1-4H3. The second-order valence-corrected chi connectivity index (χ2v) is 5.98. The molecular formula is C15H33N3. The van der Waals surface area contributed by atoms with Crippen molar-refractivity contribution in [3.63, 3.8) is 0 Å². The van der Waals surface area contributed by atoms with Crippen LogP contribution in [0.2, 0.25) is 0 Å². The molecule has 2 atom stereocenters. The first kappa shape index (κ1) is 15.9. The molecule has 1 aliphatic heterocycles. The zero-order chi connectivity index (χ0) is 13.4. The lowest BCUT2D eigenvalue weighted by Crippen LogP contribution is -2.43. The van der Waals surface area contributed by atoms with E-state index in [2.05, 4.69) is 42.9 Å². The van der Waals surface area contributed by atoms with Gasteiger partial charge in [-0.1, -0.05) is 20.8 Å². The Hall–Kier alpha value is -0.120. The van der Waals surface area contributed by atoms with Crippen molar-refractivity contribution in [2.75, 3.05) is 46.3 Å². The molecule has 3 nitrogen and oxygen atoms in total. The molecule has 1 N–H and O–H groups in total. The smallest absolute Gasteiger partial charge is 0.0220 e. The van der Waals surface area contributed by atoms with E-state index in [1.165, 1.54) is 45.4 Å². The molecular weight excluding hydrogens is 222 g/mol. The maximum atomic E-state index is 3.54. The zero-order valence-corrected chi connectivity index (χ0v) is 12.9. The van der Waals surface area contributed by atoms with Crippen LogP contribution in [0, 0.1) is 5.92 Å². The Bertz CT molecular complexity index is 208. The summed E-state index contributed by atoms with van der Waals surface area (Å²) in [6.07, 6.45) is 3.83. The minimum atomic E-state index is 0.756. The third kappa shape index (κ3) is 5.68. The van der Waals surface area contributed by atoms with Crippen LogP contribution in [0.25, 0.3) is 0 Å².